The predicted molar refractivity (Wildman–Crippen MR) is 107 cm³/mol. The summed E-state index contributed by atoms with van der Waals surface area (Å²) >= 11 is 1.48. The van der Waals surface area contributed by atoms with Crippen LogP contribution in [0.25, 0.3) is 0 Å². The standard InChI is InChI=1S/C20H30N4O3S/c1-14-22-17(13-28-14)18(25)23-16-10-20(6-2-3-7-24(20)12-16)19(26)21-11-15-4-8-27-9-5-15/h13,15-16H,2-12H2,1H3,(H,21,26)(H,23,25)/t16-,20-/m0/s1. The maximum Gasteiger partial charge on any atom is 0.271 e. The predicted octanol–water partition coefficient (Wildman–Crippen LogP) is 1.72. The Bertz CT molecular complexity index is 718. The highest BCUT2D eigenvalue weighted by molar-refractivity contribution is 7.09. The Morgan fingerprint density at radius 2 is 2.18 bits per heavy atom. The summed E-state index contributed by atoms with van der Waals surface area (Å²) in [7, 11) is 0. The first kappa shape index (κ1) is 19.8. The molecule has 0 aromatic carbocycles. The van der Waals surface area contributed by atoms with Gasteiger partial charge in [0.05, 0.1) is 5.01 Å². The van der Waals surface area contributed by atoms with Gasteiger partial charge in [-0.25, -0.2) is 4.98 Å². The van der Waals surface area contributed by atoms with Gasteiger partial charge in [-0.05, 0) is 57.9 Å². The van der Waals surface area contributed by atoms with Crippen molar-refractivity contribution >= 4 is 23.2 Å². The number of nitrogens with one attached hydrogen (secondary N) is 2. The van der Waals surface area contributed by atoms with Crippen LogP contribution in [0.15, 0.2) is 5.38 Å². The lowest BCUT2D eigenvalue weighted by atomic mass is 9.84. The number of carbonyl (C=O) groups is 2. The van der Waals surface area contributed by atoms with E-state index in [1.54, 1.807) is 5.38 Å². The summed E-state index contributed by atoms with van der Waals surface area (Å²) in [6, 6.07) is -0.0126. The molecule has 0 bridgehead atoms. The van der Waals surface area contributed by atoms with E-state index in [0.29, 0.717) is 18.0 Å². The maximum atomic E-state index is 13.2. The molecule has 4 heterocycles. The van der Waals surface area contributed by atoms with E-state index in [4.69, 9.17) is 4.74 Å². The van der Waals surface area contributed by atoms with Crippen LogP contribution in [0.5, 0.6) is 0 Å². The van der Waals surface area contributed by atoms with Gasteiger partial charge in [-0.1, -0.05) is 0 Å². The Morgan fingerprint density at radius 3 is 2.93 bits per heavy atom. The van der Waals surface area contributed by atoms with Gasteiger partial charge in [0, 0.05) is 37.7 Å². The molecular formula is C20H30N4O3S. The average Bonchev–Trinajstić information content (AvgIpc) is 3.30. The zero-order valence-corrected chi connectivity index (χ0v) is 17.4. The molecule has 0 unspecified atom stereocenters. The van der Waals surface area contributed by atoms with Crippen LogP contribution in [0.3, 0.4) is 0 Å². The van der Waals surface area contributed by atoms with Gasteiger partial charge in [0.2, 0.25) is 5.91 Å². The molecule has 7 nitrogen and oxygen atoms in total. The van der Waals surface area contributed by atoms with Gasteiger partial charge in [0.15, 0.2) is 0 Å². The van der Waals surface area contributed by atoms with Crippen LogP contribution in [-0.2, 0) is 9.53 Å². The van der Waals surface area contributed by atoms with E-state index in [1.807, 2.05) is 6.92 Å². The highest BCUT2D eigenvalue weighted by Gasteiger charge is 2.52. The van der Waals surface area contributed by atoms with E-state index in [0.717, 1.165) is 70.0 Å². The van der Waals surface area contributed by atoms with Crippen molar-refractivity contribution in [3.8, 4) is 0 Å². The van der Waals surface area contributed by atoms with Crippen molar-refractivity contribution in [3.05, 3.63) is 16.1 Å². The fourth-order valence-corrected chi connectivity index (χ4v) is 5.45. The van der Waals surface area contributed by atoms with E-state index in [-0.39, 0.29) is 17.9 Å². The topological polar surface area (TPSA) is 83.6 Å². The third kappa shape index (κ3) is 4.09. The zero-order valence-electron chi connectivity index (χ0n) is 16.5. The van der Waals surface area contributed by atoms with Gasteiger partial charge < -0.3 is 15.4 Å². The number of rotatable bonds is 5. The highest BCUT2D eigenvalue weighted by Crippen LogP contribution is 2.38. The first-order valence-corrected chi connectivity index (χ1v) is 11.3. The molecule has 3 aliphatic heterocycles. The number of carbonyl (C=O) groups excluding carboxylic acids is 2. The molecule has 0 saturated carbocycles. The summed E-state index contributed by atoms with van der Waals surface area (Å²) < 4.78 is 5.41. The van der Waals surface area contributed by atoms with E-state index in [1.165, 1.54) is 11.3 Å². The molecule has 2 N–H and O–H groups in total. The molecule has 4 rings (SSSR count). The quantitative estimate of drug-likeness (QED) is 0.778. The second-order valence-corrected chi connectivity index (χ2v) is 9.39. The maximum absolute atomic E-state index is 13.2. The normalized spacial score (nSPS) is 28.7. The number of piperidine rings is 1. The molecule has 28 heavy (non-hydrogen) atoms. The second kappa shape index (κ2) is 8.47. The minimum atomic E-state index is -0.473. The molecule has 0 spiro atoms. The van der Waals surface area contributed by atoms with Crippen molar-refractivity contribution in [2.75, 3.05) is 32.8 Å². The van der Waals surface area contributed by atoms with Crippen LogP contribution in [0.4, 0.5) is 0 Å². The number of fused-ring (bicyclic) bond motifs is 1. The summed E-state index contributed by atoms with van der Waals surface area (Å²) in [6.45, 7) is 5.87. The molecule has 1 aromatic rings. The number of amides is 2. The molecule has 2 atom stereocenters. The second-order valence-electron chi connectivity index (χ2n) is 8.33. The highest BCUT2D eigenvalue weighted by atomic mass is 32.1. The van der Waals surface area contributed by atoms with Crippen molar-refractivity contribution < 1.29 is 14.3 Å². The first-order valence-electron chi connectivity index (χ1n) is 10.4. The van der Waals surface area contributed by atoms with Gasteiger partial charge in [0.25, 0.3) is 5.91 Å². The van der Waals surface area contributed by atoms with Gasteiger partial charge in [-0.2, -0.15) is 0 Å². The SMILES string of the molecule is Cc1nc(C(=O)N[C@@H]2CN3CCCC[C@@]3(C(=O)NCC3CCOCC3)C2)cs1. The largest absolute Gasteiger partial charge is 0.381 e. The number of ether oxygens (including phenoxy) is 1. The van der Waals surface area contributed by atoms with Gasteiger partial charge >= 0.3 is 0 Å². The Kier molecular flexibility index (Phi) is 5.99. The summed E-state index contributed by atoms with van der Waals surface area (Å²) in [5, 5.41) is 9.03. The third-order valence-electron chi connectivity index (χ3n) is 6.40. The molecule has 2 amide bonds. The summed E-state index contributed by atoms with van der Waals surface area (Å²) in [6.07, 6.45) is 5.76. The zero-order chi connectivity index (χ0) is 19.6. The molecule has 154 valence electrons. The van der Waals surface area contributed by atoms with Crippen molar-refractivity contribution in [1.82, 2.24) is 20.5 Å². The Labute approximate surface area is 170 Å². The molecule has 3 aliphatic rings. The lowest BCUT2D eigenvalue weighted by Gasteiger charge is -2.41. The van der Waals surface area contributed by atoms with Crippen LogP contribution in [0.2, 0.25) is 0 Å². The Hall–Kier alpha value is -1.51. The lowest BCUT2D eigenvalue weighted by molar-refractivity contribution is -0.134. The van der Waals surface area contributed by atoms with Crippen LogP contribution in [0.1, 0.15) is 54.0 Å². The molecule has 0 radical (unpaired) electrons. The van der Waals surface area contributed by atoms with E-state index in [9.17, 15) is 9.59 Å². The van der Waals surface area contributed by atoms with E-state index < -0.39 is 5.54 Å². The number of thiazole rings is 1. The number of hydrogen-bond donors (Lipinski definition) is 2. The van der Waals surface area contributed by atoms with Crippen molar-refractivity contribution in [1.29, 1.82) is 0 Å². The summed E-state index contributed by atoms with van der Waals surface area (Å²) in [4.78, 5) is 32.3. The van der Waals surface area contributed by atoms with E-state index in [2.05, 4.69) is 20.5 Å². The van der Waals surface area contributed by atoms with Crippen molar-refractivity contribution in [2.24, 2.45) is 5.92 Å². The molecule has 0 aliphatic carbocycles. The third-order valence-corrected chi connectivity index (χ3v) is 7.17. The van der Waals surface area contributed by atoms with Crippen LogP contribution in [0, 0.1) is 12.8 Å². The number of aryl methyl sites for hydroxylation is 1. The first-order chi connectivity index (χ1) is 13.6. The van der Waals surface area contributed by atoms with Crippen LogP contribution in [-0.4, -0.2) is 66.1 Å². The lowest BCUT2D eigenvalue weighted by Crippen LogP contribution is -2.58. The molecular weight excluding hydrogens is 376 g/mol. The molecule has 3 saturated heterocycles. The van der Waals surface area contributed by atoms with Crippen LogP contribution < -0.4 is 10.6 Å². The molecule has 8 heteroatoms. The summed E-state index contributed by atoms with van der Waals surface area (Å²) in [5.74, 6) is 0.517. The minimum absolute atomic E-state index is 0.0126. The van der Waals surface area contributed by atoms with Crippen LogP contribution >= 0.6 is 11.3 Å². The summed E-state index contributed by atoms with van der Waals surface area (Å²) in [5.41, 5.74) is 0.00435. The van der Waals surface area contributed by atoms with E-state index >= 15 is 0 Å². The number of hydrogen-bond acceptors (Lipinski definition) is 6. The minimum Gasteiger partial charge on any atom is -0.381 e. The van der Waals surface area contributed by atoms with Crippen molar-refractivity contribution in [3.63, 3.8) is 0 Å². The Balaban J connectivity index is 1.39. The average molecular weight is 407 g/mol. The van der Waals surface area contributed by atoms with Gasteiger partial charge in [0.1, 0.15) is 11.2 Å². The smallest absolute Gasteiger partial charge is 0.271 e. The number of aromatic nitrogens is 1. The monoisotopic (exact) mass is 406 g/mol. The fourth-order valence-electron chi connectivity index (χ4n) is 4.85. The van der Waals surface area contributed by atoms with Gasteiger partial charge in [-0.15, -0.1) is 11.3 Å². The molecule has 3 fully saturated rings. The molecule has 1 aromatic heterocycles. The van der Waals surface area contributed by atoms with Crippen molar-refractivity contribution in [2.45, 2.75) is 57.0 Å². The van der Waals surface area contributed by atoms with Gasteiger partial charge in [-0.3, -0.25) is 14.5 Å². The Morgan fingerprint density at radius 1 is 1.36 bits per heavy atom. The fraction of sp³-hybridized carbons (Fsp3) is 0.750. The number of nitrogens with zero attached hydrogens (tertiary/aromatic N) is 2.